The molecule has 1 fully saturated rings. The molecule has 0 N–H and O–H groups in total. The van der Waals surface area contributed by atoms with E-state index in [0.717, 1.165) is 36.2 Å². The summed E-state index contributed by atoms with van der Waals surface area (Å²) in [5, 5.41) is 0. The second-order valence-corrected chi connectivity index (χ2v) is 4.41. The predicted octanol–water partition coefficient (Wildman–Crippen LogP) is 0.997. The van der Waals surface area contributed by atoms with Gasteiger partial charge in [0.15, 0.2) is 6.29 Å². The zero-order valence-corrected chi connectivity index (χ0v) is 10.6. The number of rotatable bonds is 4. The Balaban J connectivity index is 1.89. The standard InChI is InChI=1S/C13H19BO3/c1-15-12-8-10(5-6-11(12)14)9-17-13-4-2-3-7-16-13/h5-6,8,13H,2-4,7,9,14H2,1H3. The van der Waals surface area contributed by atoms with E-state index in [9.17, 15) is 0 Å². The topological polar surface area (TPSA) is 27.7 Å². The first-order valence-electron chi connectivity index (χ1n) is 6.16. The van der Waals surface area contributed by atoms with Gasteiger partial charge in [0.1, 0.15) is 13.6 Å². The minimum atomic E-state index is -0.0314. The minimum absolute atomic E-state index is 0.0314. The lowest BCUT2D eigenvalue weighted by Crippen LogP contribution is -2.22. The number of hydrogen-bond acceptors (Lipinski definition) is 3. The normalized spacial score (nSPS) is 20.2. The van der Waals surface area contributed by atoms with Crippen LogP contribution < -0.4 is 10.2 Å². The summed E-state index contributed by atoms with van der Waals surface area (Å²) in [6, 6.07) is 6.15. The molecule has 0 spiro atoms. The van der Waals surface area contributed by atoms with E-state index in [1.54, 1.807) is 7.11 Å². The first-order valence-corrected chi connectivity index (χ1v) is 6.16. The lowest BCUT2D eigenvalue weighted by molar-refractivity contribution is -0.168. The highest BCUT2D eigenvalue weighted by molar-refractivity contribution is 6.34. The molecule has 0 bridgehead atoms. The second kappa shape index (κ2) is 6.08. The summed E-state index contributed by atoms with van der Waals surface area (Å²) < 4.78 is 16.5. The van der Waals surface area contributed by atoms with Crippen molar-refractivity contribution in [3.63, 3.8) is 0 Å². The zero-order chi connectivity index (χ0) is 12.1. The van der Waals surface area contributed by atoms with Crippen LogP contribution in [0.1, 0.15) is 24.8 Å². The van der Waals surface area contributed by atoms with Gasteiger partial charge in [-0.25, -0.2) is 0 Å². The Morgan fingerprint density at radius 2 is 2.29 bits per heavy atom. The van der Waals surface area contributed by atoms with Gasteiger partial charge in [-0.3, -0.25) is 0 Å². The molecule has 0 saturated carbocycles. The van der Waals surface area contributed by atoms with Crippen molar-refractivity contribution in [2.24, 2.45) is 0 Å². The molecule has 92 valence electrons. The molecule has 1 saturated heterocycles. The van der Waals surface area contributed by atoms with Crippen molar-refractivity contribution >= 4 is 13.3 Å². The van der Waals surface area contributed by atoms with Crippen molar-refractivity contribution in [1.82, 2.24) is 0 Å². The average molecular weight is 234 g/mol. The minimum Gasteiger partial charge on any atom is -0.497 e. The Hall–Kier alpha value is -0.995. The van der Waals surface area contributed by atoms with Gasteiger partial charge >= 0.3 is 0 Å². The third-order valence-electron chi connectivity index (χ3n) is 3.05. The van der Waals surface area contributed by atoms with Crippen LogP contribution in [-0.4, -0.2) is 27.9 Å². The summed E-state index contributed by atoms with van der Waals surface area (Å²) in [6.45, 7) is 1.41. The zero-order valence-electron chi connectivity index (χ0n) is 10.6. The summed E-state index contributed by atoms with van der Waals surface area (Å²) >= 11 is 0. The van der Waals surface area contributed by atoms with Crippen LogP contribution in [0.15, 0.2) is 18.2 Å². The van der Waals surface area contributed by atoms with Crippen LogP contribution in [0.25, 0.3) is 0 Å². The molecule has 0 aromatic heterocycles. The van der Waals surface area contributed by atoms with Crippen LogP contribution in [0, 0.1) is 0 Å². The summed E-state index contributed by atoms with van der Waals surface area (Å²) in [7, 11) is 3.73. The molecule has 1 unspecified atom stereocenters. The Morgan fingerprint density at radius 3 is 3.00 bits per heavy atom. The van der Waals surface area contributed by atoms with Gasteiger partial charge in [0.2, 0.25) is 0 Å². The van der Waals surface area contributed by atoms with Gasteiger partial charge in [0.25, 0.3) is 0 Å². The summed E-state index contributed by atoms with van der Waals surface area (Å²) in [4.78, 5) is 0. The SMILES string of the molecule is Bc1ccc(COC2CCCCO2)cc1OC. The van der Waals surface area contributed by atoms with Crippen LogP contribution >= 0.6 is 0 Å². The van der Waals surface area contributed by atoms with Gasteiger partial charge in [0.05, 0.1) is 13.7 Å². The average Bonchev–Trinajstić information content (AvgIpc) is 2.39. The Kier molecular flexibility index (Phi) is 4.46. The molecule has 1 aliphatic heterocycles. The molecule has 4 heteroatoms. The predicted molar refractivity (Wildman–Crippen MR) is 69.6 cm³/mol. The first kappa shape index (κ1) is 12.5. The van der Waals surface area contributed by atoms with E-state index in [0.29, 0.717) is 6.61 Å². The Labute approximate surface area is 103 Å². The maximum atomic E-state index is 5.73. The molecule has 3 nitrogen and oxygen atoms in total. The highest BCUT2D eigenvalue weighted by Crippen LogP contribution is 2.17. The molecule has 0 amide bonds. The van der Waals surface area contributed by atoms with Crippen LogP contribution in [0.3, 0.4) is 0 Å². The van der Waals surface area contributed by atoms with Crippen molar-refractivity contribution in [3.8, 4) is 5.75 Å². The molecular weight excluding hydrogens is 215 g/mol. The van der Waals surface area contributed by atoms with Crippen LogP contribution in [0.4, 0.5) is 0 Å². The van der Waals surface area contributed by atoms with Gasteiger partial charge in [-0.1, -0.05) is 12.1 Å². The van der Waals surface area contributed by atoms with Crippen LogP contribution in [-0.2, 0) is 16.1 Å². The van der Waals surface area contributed by atoms with E-state index in [-0.39, 0.29) is 6.29 Å². The quantitative estimate of drug-likeness (QED) is 0.727. The van der Waals surface area contributed by atoms with Crippen molar-refractivity contribution < 1.29 is 14.2 Å². The van der Waals surface area contributed by atoms with Crippen molar-refractivity contribution in [1.29, 1.82) is 0 Å². The lowest BCUT2D eigenvalue weighted by Gasteiger charge is -2.22. The fourth-order valence-corrected chi connectivity index (χ4v) is 1.99. The third-order valence-corrected chi connectivity index (χ3v) is 3.05. The fourth-order valence-electron chi connectivity index (χ4n) is 1.99. The molecule has 1 aromatic carbocycles. The summed E-state index contributed by atoms with van der Waals surface area (Å²) in [6.07, 6.45) is 3.32. The number of hydrogen-bond donors (Lipinski definition) is 0. The number of methoxy groups -OCH3 is 1. The summed E-state index contributed by atoms with van der Waals surface area (Å²) in [5.74, 6) is 0.913. The van der Waals surface area contributed by atoms with Crippen LogP contribution in [0.2, 0.25) is 0 Å². The van der Waals surface area contributed by atoms with Gasteiger partial charge in [-0.2, -0.15) is 0 Å². The Morgan fingerprint density at radius 1 is 1.41 bits per heavy atom. The molecule has 0 aliphatic carbocycles. The smallest absolute Gasteiger partial charge is 0.158 e. The maximum Gasteiger partial charge on any atom is 0.158 e. The van der Waals surface area contributed by atoms with Crippen LogP contribution in [0.5, 0.6) is 5.75 Å². The Bertz CT molecular complexity index is 362. The molecule has 2 rings (SSSR count). The molecule has 1 aliphatic rings. The molecule has 1 aromatic rings. The molecule has 1 atom stereocenters. The van der Waals surface area contributed by atoms with E-state index in [1.165, 1.54) is 6.42 Å². The van der Waals surface area contributed by atoms with Crippen molar-refractivity contribution in [2.45, 2.75) is 32.2 Å². The maximum absolute atomic E-state index is 5.73. The largest absolute Gasteiger partial charge is 0.497 e. The van der Waals surface area contributed by atoms with Gasteiger partial charge < -0.3 is 14.2 Å². The second-order valence-electron chi connectivity index (χ2n) is 4.41. The number of benzene rings is 1. The lowest BCUT2D eigenvalue weighted by atomic mass is 9.94. The van der Waals surface area contributed by atoms with Crippen molar-refractivity contribution in [2.75, 3.05) is 13.7 Å². The van der Waals surface area contributed by atoms with E-state index < -0.39 is 0 Å². The van der Waals surface area contributed by atoms with E-state index in [2.05, 4.69) is 12.1 Å². The van der Waals surface area contributed by atoms with Gasteiger partial charge in [0, 0.05) is 6.61 Å². The highest BCUT2D eigenvalue weighted by Gasteiger charge is 2.14. The molecule has 0 radical (unpaired) electrons. The van der Waals surface area contributed by atoms with Gasteiger partial charge in [-0.15, -0.1) is 0 Å². The molecular formula is C13H19BO3. The van der Waals surface area contributed by atoms with E-state index in [1.807, 2.05) is 13.9 Å². The van der Waals surface area contributed by atoms with E-state index >= 15 is 0 Å². The first-order chi connectivity index (χ1) is 8.29. The fraction of sp³-hybridized carbons (Fsp3) is 0.538. The molecule has 1 heterocycles. The molecule has 17 heavy (non-hydrogen) atoms. The monoisotopic (exact) mass is 234 g/mol. The van der Waals surface area contributed by atoms with Crippen molar-refractivity contribution in [3.05, 3.63) is 23.8 Å². The third kappa shape index (κ3) is 3.48. The summed E-state index contributed by atoms with van der Waals surface area (Å²) in [5.41, 5.74) is 2.27. The highest BCUT2D eigenvalue weighted by atomic mass is 16.7. The number of ether oxygens (including phenoxy) is 3. The van der Waals surface area contributed by atoms with E-state index in [4.69, 9.17) is 14.2 Å². The van der Waals surface area contributed by atoms with Gasteiger partial charge in [-0.05, 0) is 36.4 Å².